The quantitative estimate of drug-likeness (QED) is 0.848. The number of anilines is 1. The number of benzene rings is 2. The number of nitrogens with zero attached hydrogens (tertiary/aromatic N) is 2. The average molecular weight is 366 g/mol. The van der Waals surface area contributed by atoms with Crippen LogP contribution in [0, 0.1) is 13.8 Å². The molecule has 1 N–H and O–H groups in total. The third-order valence-corrected chi connectivity index (χ3v) is 5.64. The third-order valence-electron chi connectivity index (χ3n) is 5.64. The molecule has 4 heteroatoms. The Morgan fingerprint density at radius 1 is 1.00 bits per heavy atom. The predicted molar refractivity (Wildman–Crippen MR) is 112 cm³/mol. The lowest BCUT2D eigenvalue weighted by molar-refractivity contribution is -0.131. The Bertz CT molecular complexity index is 751. The summed E-state index contributed by atoms with van der Waals surface area (Å²) in [5, 5.41) is 3.46. The molecule has 3 rings (SSSR count). The molecule has 144 valence electrons. The van der Waals surface area contributed by atoms with Gasteiger partial charge in [0.15, 0.2) is 0 Å². The summed E-state index contributed by atoms with van der Waals surface area (Å²) in [4.78, 5) is 17.0. The van der Waals surface area contributed by atoms with E-state index in [9.17, 15) is 4.79 Å². The number of nitrogens with one attached hydrogen (secondary N) is 1. The van der Waals surface area contributed by atoms with E-state index in [1.165, 1.54) is 22.4 Å². The van der Waals surface area contributed by atoms with E-state index in [0.29, 0.717) is 13.0 Å². The van der Waals surface area contributed by atoms with Crippen molar-refractivity contribution in [3.63, 3.8) is 0 Å². The lowest BCUT2D eigenvalue weighted by Gasteiger charge is -2.37. The molecule has 2 aromatic carbocycles. The van der Waals surface area contributed by atoms with Crippen LogP contribution >= 0.6 is 0 Å². The van der Waals surface area contributed by atoms with Crippen LogP contribution in [0.15, 0.2) is 48.5 Å². The Kier molecular flexibility index (Phi) is 6.51. The standard InChI is InChI=1S/C23H31N3O/c1-18-8-7-11-22(19(18)2)25-14-16-26(17-15-25)23(27)12-13-24-20(3)21-9-5-4-6-10-21/h4-11,20,24H,12-17H2,1-3H3. The molecule has 1 unspecified atom stereocenters. The van der Waals surface area contributed by atoms with E-state index in [1.54, 1.807) is 0 Å². The first-order valence-corrected chi connectivity index (χ1v) is 9.93. The van der Waals surface area contributed by atoms with Crippen LogP contribution < -0.4 is 10.2 Å². The summed E-state index contributed by atoms with van der Waals surface area (Å²) >= 11 is 0. The molecule has 27 heavy (non-hydrogen) atoms. The molecule has 0 radical (unpaired) electrons. The molecule has 1 heterocycles. The summed E-state index contributed by atoms with van der Waals surface area (Å²) < 4.78 is 0. The first-order valence-electron chi connectivity index (χ1n) is 9.93. The molecule has 1 fully saturated rings. The monoisotopic (exact) mass is 365 g/mol. The normalized spacial score (nSPS) is 15.7. The summed E-state index contributed by atoms with van der Waals surface area (Å²) in [5.74, 6) is 0.253. The number of carbonyl (C=O) groups is 1. The summed E-state index contributed by atoms with van der Waals surface area (Å²) in [7, 11) is 0. The molecule has 0 aromatic heterocycles. The Morgan fingerprint density at radius 3 is 2.41 bits per heavy atom. The first-order chi connectivity index (χ1) is 13.1. The molecule has 0 bridgehead atoms. The number of rotatable bonds is 6. The van der Waals surface area contributed by atoms with Gasteiger partial charge < -0.3 is 15.1 Å². The van der Waals surface area contributed by atoms with Gasteiger partial charge in [0.05, 0.1) is 0 Å². The van der Waals surface area contributed by atoms with E-state index in [-0.39, 0.29) is 11.9 Å². The summed E-state index contributed by atoms with van der Waals surface area (Å²) in [6, 6.07) is 17.1. The predicted octanol–water partition coefficient (Wildman–Crippen LogP) is 3.69. The zero-order valence-electron chi connectivity index (χ0n) is 16.7. The van der Waals surface area contributed by atoms with Crippen molar-refractivity contribution in [3.05, 3.63) is 65.2 Å². The van der Waals surface area contributed by atoms with Gasteiger partial charge in [-0.25, -0.2) is 0 Å². The lowest BCUT2D eigenvalue weighted by atomic mass is 10.1. The molecule has 1 aliphatic heterocycles. The van der Waals surface area contributed by atoms with Crippen LogP contribution in [0.5, 0.6) is 0 Å². The molecule has 1 amide bonds. The maximum Gasteiger partial charge on any atom is 0.223 e. The van der Waals surface area contributed by atoms with Gasteiger partial charge >= 0.3 is 0 Å². The Hall–Kier alpha value is -2.33. The molecule has 0 spiro atoms. The van der Waals surface area contributed by atoms with Gasteiger partial charge in [-0.15, -0.1) is 0 Å². The van der Waals surface area contributed by atoms with Crippen LogP contribution in [0.2, 0.25) is 0 Å². The number of hydrogen-bond acceptors (Lipinski definition) is 3. The highest BCUT2D eigenvalue weighted by atomic mass is 16.2. The third kappa shape index (κ3) is 4.89. The molecular formula is C23H31N3O. The van der Waals surface area contributed by atoms with Crippen LogP contribution in [0.1, 0.15) is 36.1 Å². The van der Waals surface area contributed by atoms with Gasteiger partial charge in [0.1, 0.15) is 0 Å². The SMILES string of the molecule is Cc1cccc(N2CCN(C(=O)CCNC(C)c3ccccc3)CC2)c1C. The highest BCUT2D eigenvalue weighted by molar-refractivity contribution is 5.76. The lowest BCUT2D eigenvalue weighted by Crippen LogP contribution is -2.49. The van der Waals surface area contributed by atoms with Gasteiger partial charge in [-0.1, -0.05) is 42.5 Å². The highest BCUT2D eigenvalue weighted by Crippen LogP contribution is 2.24. The molecule has 0 aliphatic carbocycles. The van der Waals surface area contributed by atoms with Gasteiger partial charge in [0.2, 0.25) is 5.91 Å². The zero-order valence-corrected chi connectivity index (χ0v) is 16.7. The number of hydrogen-bond donors (Lipinski definition) is 1. The van der Waals surface area contributed by atoms with Gasteiger partial charge in [-0.3, -0.25) is 4.79 Å². The smallest absolute Gasteiger partial charge is 0.223 e. The highest BCUT2D eigenvalue weighted by Gasteiger charge is 2.22. The number of amides is 1. The molecule has 2 aromatic rings. The number of piperazine rings is 1. The fraction of sp³-hybridized carbons (Fsp3) is 0.435. The largest absolute Gasteiger partial charge is 0.368 e. The second-order valence-electron chi connectivity index (χ2n) is 7.42. The van der Waals surface area contributed by atoms with Crippen molar-refractivity contribution in [2.75, 3.05) is 37.6 Å². The Balaban J connectivity index is 1.44. The van der Waals surface area contributed by atoms with E-state index in [1.807, 2.05) is 23.1 Å². The van der Waals surface area contributed by atoms with E-state index in [4.69, 9.17) is 0 Å². The minimum absolute atomic E-state index is 0.253. The molecule has 1 aliphatic rings. The second kappa shape index (κ2) is 9.05. The number of carbonyl (C=O) groups excluding carboxylic acids is 1. The molecule has 1 atom stereocenters. The number of aryl methyl sites for hydroxylation is 1. The first kappa shape index (κ1) is 19.4. The van der Waals surface area contributed by atoms with Crippen molar-refractivity contribution < 1.29 is 4.79 Å². The van der Waals surface area contributed by atoms with Gasteiger partial charge in [-0.05, 0) is 43.5 Å². The Morgan fingerprint density at radius 2 is 1.70 bits per heavy atom. The van der Waals surface area contributed by atoms with Crippen molar-refractivity contribution in [2.24, 2.45) is 0 Å². The van der Waals surface area contributed by atoms with Crippen molar-refractivity contribution in [2.45, 2.75) is 33.2 Å². The summed E-state index contributed by atoms with van der Waals surface area (Å²) in [6.07, 6.45) is 0.556. The molecule has 1 saturated heterocycles. The molecular weight excluding hydrogens is 334 g/mol. The second-order valence-corrected chi connectivity index (χ2v) is 7.42. The van der Waals surface area contributed by atoms with Gasteiger partial charge in [0.25, 0.3) is 0 Å². The van der Waals surface area contributed by atoms with Crippen LogP contribution in [0.25, 0.3) is 0 Å². The summed E-state index contributed by atoms with van der Waals surface area (Å²) in [6.45, 7) is 10.6. The van der Waals surface area contributed by atoms with E-state index in [2.05, 4.69) is 61.3 Å². The zero-order chi connectivity index (χ0) is 19.2. The molecule has 4 nitrogen and oxygen atoms in total. The van der Waals surface area contributed by atoms with Gasteiger partial charge in [0, 0.05) is 50.9 Å². The average Bonchev–Trinajstić information content (AvgIpc) is 2.70. The topological polar surface area (TPSA) is 35.6 Å². The van der Waals surface area contributed by atoms with Crippen molar-refractivity contribution in [1.29, 1.82) is 0 Å². The minimum atomic E-state index is 0.253. The van der Waals surface area contributed by atoms with Crippen LogP contribution in [0.4, 0.5) is 5.69 Å². The molecule has 0 saturated carbocycles. The van der Waals surface area contributed by atoms with Crippen LogP contribution in [-0.4, -0.2) is 43.5 Å². The summed E-state index contributed by atoms with van der Waals surface area (Å²) in [5.41, 5.74) is 5.23. The minimum Gasteiger partial charge on any atom is -0.368 e. The van der Waals surface area contributed by atoms with E-state index < -0.39 is 0 Å². The van der Waals surface area contributed by atoms with E-state index >= 15 is 0 Å². The fourth-order valence-electron chi connectivity index (χ4n) is 3.69. The Labute approximate surface area is 163 Å². The maximum atomic E-state index is 12.5. The van der Waals surface area contributed by atoms with E-state index in [0.717, 1.165) is 26.2 Å². The maximum absolute atomic E-state index is 12.5. The van der Waals surface area contributed by atoms with Gasteiger partial charge in [-0.2, -0.15) is 0 Å². The van der Waals surface area contributed by atoms with Crippen LogP contribution in [-0.2, 0) is 4.79 Å². The van der Waals surface area contributed by atoms with Crippen molar-refractivity contribution in [3.8, 4) is 0 Å². The van der Waals surface area contributed by atoms with Crippen molar-refractivity contribution >= 4 is 11.6 Å². The van der Waals surface area contributed by atoms with Crippen LogP contribution in [0.3, 0.4) is 0 Å². The fourth-order valence-corrected chi connectivity index (χ4v) is 3.69. The van der Waals surface area contributed by atoms with Crippen molar-refractivity contribution in [1.82, 2.24) is 10.2 Å².